The highest BCUT2D eigenvalue weighted by Crippen LogP contribution is 2.27. The molecule has 29 heavy (non-hydrogen) atoms. The van der Waals surface area contributed by atoms with Crippen molar-refractivity contribution in [2.75, 3.05) is 12.4 Å². The molecule has 1 N–H and O–H groups in total. The van der Waals surface area contributed by atoms with Crippen molar-refractivity contribution < 1.29 is 14.5 Å². The largest absolute Gasteiger partial charge is 0.497 e. The average molecular weight is 455 g/mol. The molecule has 0 aliphatic rings. The molecule has 1 atom stereocenters. The summed E-state index contributed by atoms with van der Waals surface area (Å²) in [7, 11) is 1.58. The molecule has 0 fully saturated rings. The summed E-state index contributed by atoms with van der Waals surface area (Å²) in [5.74, 6) is 0.671. The molecule has 3 aromatic rings. The summed E-state index contributed by atoms with van der Waals surface area (Å²) in [4.78, 5) is 23.3. The first-order valence-corrected chi connectivity index (χ1v) is 9.69. The molecule has 0 aliphatic carbocycles. The number of halogens is 1. The third-order valence-electron chi connectivity index (χ3n) is 4.49. The summed E-state index contributed by atoms with van der Waals surface area (Å²) >= 11 is 3.42. The minimum absolute atomic E-state index is 0.0185. The van der Waals surface area contributed by atoms with Gasteiger partial charge in [-0.1, -0.05) is 28.1 Å². The van der Waals surface area contributed by atoms with Gasteiger partial charge < -0.3 is 10.1 Å². The molecule has 0 aliphatic heterocycles. The topological polar surface area (TPSA) is 81.5 Å². The van der Waals surface area contributed by atoms with Crippen molar-refractivity contribution in [3.63, 3.8) is 0 Å². The summed E-state index contributed by atoms with van der Waals surface area (Å²) in [6, 6.07) is 20.6. The average Bonchev–Trinajstić information content (AvgIpc) is 2.74. The van der Waals surface area contributed by atoms with Gasteiger partial charge in [0.15, 0.2) is 5.78 Å². The number of rotatable bonds is 8. The van der Waals surface area contributed by atoms with Crippen LogP contribution in [0.3, 0.4) is 0 Å². The minimum Gasteiger partial charge on any atom is -0.497 e. The van der Waals surface area contributed by atoms with E-state index in [4.69, 9.17) is 4.74 Å². The summed E-state index contributed by atoms with van der Waals surface area (Å²) in [5.41, 5.74) is 2.25. The zero-order valence-electron chi connectivity index (χ0n) is 15.7. The van der Waals surface area contributed by atoms with Crippen LogP contribution in [-0.2, 0) is 0 Å². The number of nitro benzene ring substituents is 1. The number of hydrogen-bond donors (Lipinski definition) is 1. The van der Waals surface area contributed by atoms with E-state index in [1.165, 1.54) is 12.1 Å². The van der Waals surface area contributed by atoms with Gasteiger partial charge in [0.2, 0.25) is 0 Å². The first-order chi connectivity index (χ1) is 14.0. The Balaban J connectivity index is 1.83. The van der Waals surface area contributed by atoms with E-state index in [1.54, 1.807) is 43.5 Å². The van der Waals surface area contributed by atoms with Gasteiger partial charge in [0.25, 0.3) is 5.69 Å². The van der Waals surface area contributed by atoms with Gasteiger partial charge >= 0.3 is 0 Å². The fraction of sp³-hybridized carbons (Fsp3) is 0.136. The molecule has 6 nitrogen and oxygen atoms in total. The number of methoxy groups -OCH3 is 1. The lowest BCUT2D eigenvalue weighted by molar-refractivity contribution is -0.384. The second-order valence-corrected chi connectivity index (χ2v) is 7.32. The van der Waals surface area contributed by atoms with Gasteiger partial charge in [-0.15, -0.1) is 0 Å². The van der Waals surface area contributed by atoms with Gasteiger partial charge in [-0.3, -0.25) is 14.9 Å². The van der Waals surface area contributed by atoms with Crippen LogP contribution in [-0.4, -0.2) is 17.8 Å². The maximum Gasteiger partial charge on any atom is 0.269 e. The summed E-state index contributed by atoms with van der Waals surface area (Å²) in [6.07, 6.45) is 0.227. The summed E-state index contributed by atoms with van der Waals surface area (Å²) < 4.78 is 6.08. The van der Waals surface area contributed by atoms with Gasteiger partial charge in [0, 0.05) is 34.3 Å². The molecule has 0 saturated carbocycles. The predicted octanol–water partition coefficient (Wildman–Crippen LogP) is 5.79. The zero-order chi connectivity index (χ0) is 20.8. The van der Waals surface area contributed by atoms with E-state index >= 15 is 0 Å². The number of hydrogen-bond acceptors (Lipinski definition) is 5. The van der Waals surface area contributed by atoms with Crippen LogP contribution in [0, 0.1) is 10.1 Å². The number of nitrogens with one attached hydrogen (secondary N) is 1. The molecule has 3 rings (SSSR count). The monoisotopic (exact) mass is 454 g/mol. The van der Waals surface area contributed by atoms with Crippen molar-refractivity contribution in [1.82, 2.24) is 0 Å². The Bertz CT molecular complexity index is 987. The van der Waals surface area contributed by atoms with Crippen LogP contribution in [0.1, 0.15) is 28.4 Å². The number of anilines is 1. The van der Waals surface area contributed by atoms with Crippen molar-refractivity contribution in [2.45, 2.75) is 12.5 Å². The molecule has 0 bridgehead atoms. The second kappa shape index (κ2) is 9.34. The molecule has 148 valence electrons. The van der Waals surface area contributed by atoms with Crippen LogP contribution in [0.15, 0.2) is 77.3 Å². The normalized spacial score (nSPS) is 11.5. The lowest BCUT2D eigenvalue weighted by atomic mass is 9.97. The lowest BCUT2D eigenvalue weighted by Gasteiger charge is -2.20. The molecule has 3 aromatic carbocycles. The highest BCUT2D eigenvalue weighted by molar-refractivity contribution is 9.10. The van der Waals surface area contributed by atoms with Gasteiger partial charge in [-0.05, 0) is 54.1 Å². The van der Waals surface area contributed by atoms with Crippen LogP contribution in [0.2, 0.25) is 0 Å². The number of Topliss-reactive ketones (excluding diaryl/α,β-unsaturated/α-hetero) is 1. The standard InChI is InChI=1S/C22H19BrN2O4/c1-29-20-12-4-16(5-13-20)22(26)14-21(15-2-6-17(23)7-3-15)24-18-8-10-19(11-9-18)25(27)28/h2-13,21,24H,14H2,1H3. The molecule has 7 heteroatoms. The number of carbonyl (C=O) groups excluding carboxylic acids is 1. The predicted molar refractivity (Wildman–Crippen MR) is 116 cm³/mol. The Labute approximate surface area is 176 Å². The van der Waals surface area contributed by atoms with Crippen LogP contribution < -0.4 is 10.1 Å². The van der Waals surface area contributed by atoms with Crippen LogP contribution >= 0.6 is 15.9 Å². The maximum atomic E-state index is 12.8. The molecule has 0 aromatic heterocycles. The van der Waals surface area contributed by atoms with Crippen molar-refractivity contribution in [1.29, 1.82) is 0 Å². The Kier molecular flexibility index (Phi) is 6.61. The van der Waals surface area contributed by atoms with Crippen molar-refractivity contribution in [2.24, 2.45) is 0 Å². The van der Waals surface area contributed by atoms with E-state index < -0.39 is 4.92 Å². The number of carbonyl (C=O) groups is 1. The van der Waals surface area contributed by atoms with E-state index in [9.17, 15) is 14.9 Å². The van der Waals surface area contributed by atoms with Gasteiger partial charge in [0.1, 0.15) is 5.75 Å². The Morgan fingerprint density at radius 1 is 1.03 bits per heavy atom. The fourth-order valence-corrected chi connectivity index (χ4v) is 3.17. The van der Waals surface area contributed by atoms with Crippen LogP contribution in [0.4, 0.5) is 11.4 Å². The van der Waals surface area contributed by atoms with E-state index in [0.29, 0.717) is 17.0 Å². The fourth-order valence-electron chi connectivity index (χ4n) is 2.91. The first kappa shape index (κ1) is 20.5. The third-order valence-corrected chi connectivity index (χ3v) is 5.02. The van der Waals surface area contributed by atoms with E-state index in [1.807, 2.05) is 24.3 Å². The van der Waals surface area contributed by atoms with E-state index in [-0.39, 0.29) is 23.9 Å². The Morgan fingerprint density at radius 2 is 1.66 bits per heavy atom. The third kappa shape index (κ3) is 5.42. The van der Waals surface area contributed by atoms with Gasteiger partial charge in [-0.2, -0.15) is 0 Å². The maximum absolute atomic E-state index is 12.8. The van der Waals surface area contributed by atoms with Crippen molar-refractivity contribution in [3.8, 4) is 5.75 Å². The number of nitro groups is 1. The van der Waals surface area contributed by atoms with Crippen LogP contribution in [0.5, 0.6) is 5.75 Å². The highest BCUT2D eigenvalue weighted by atomic mass is 79.9. The van der Waals surface area contributed by atoms with Gasteiger partial charge in [0.05, 0.1) is 18.1 Å². The molecule has 1 unspecified atom stereocenters. The second-order valence-electron chi connectivity index (χ2n) is 6.41. The number of ketones is 1. The summed E-state index contributed by atoms with van der Waals surface area (Å²) in [6.45, 7) is 0. The Morgan fingerprint density at radius 3 is 2.21 bits per heavy atom. The van der Waals surface area contributed by atoms with E-state index in [0.717, 1.165) is 10.0 Å². The number of benzene rings is 3. The quantitative estimate of drug-likeness (QED) is 0.264. The van der Waals surface area contributed by atoms with Crippen molar-refractivity contribution >= 4 is 33.1 Å². The molecular formula is C22H19BrN2O4. The zero-order valence-corrected chi connectivity index (χ0v) is 17.3. The minimum atomic E-state index is -0.441. The number of non-ortho nitro benzene ring substituents is 1. The van der Waals surface area contributed by atoms with Crippen molar-refractivity contribution in [3.05, 3.63) is 98.5 Å². The highest BCUT2D eigenvalue weighted by Gasteiger charge is 2.18. The van der Waals surface area contributed by atoms with Gasteiger partial charge in [-0.25, -0.2) is 0 Å². The number of nitrogens with zero attached hydrogens (tertiary/aromatic N) is 1. The molecule has 0 radical (unpaired) electrons. The van der Waals surface area contributed by atoms with E-state index in [2.05, 4.69) is 21.2 Å². The lowest BCUT2D eigenvalue weighted by Crippen LogP contribution is -2.16. The number of ether oxygens (including phenoxy) is 1. The smallest absolute Gasteiger partial charge is 0.269 e. The molecule has 0 amide bonds. The SMILES string of the molecule is COc1ccc(C(=O)CC(Nc2ccc([N+](=O)[O-])cc2)c2ccc(Br)cc2)cc1. The molecule has 0 saturated heterocycles. The molecule has 0 spiro atoms. The summed E-state index contributed by atoms with van der Waals surface area (Å²) in [5, 5.41) is 14.2. The molecule has 0 heterocycles. The molecular weight excluding hydrogens is 436 g/mol. The first-order valence-electron chi connectivity index (χ1n) is 8.90. The van der Waals surface area contributed by atoms with Crippen LogP contribution in [0.25, 0.3) is 0 Å². The Hall–Kier alpha value is -3.19.